The summed E-state index contributed by atoms with van der Waals surface area (Å²) < 4.78 is 10.4. The summed E-state index contributed by atoms with van der Waals surface area (Å²) in [5.74, 6) is 0.745. The topological polar surface area (TPSA) is 59.6 Å². The van der Waals surface area contributed by atoms with Crippen LogP contribution in [-0.4, -0.2) is 26.7 Å². The molecule has 1 amide bonds. The second-order valence-electron chi connectivity index (χ2n) is 5.14. The second-order valence-corrected chi connectivity index (χ2v) is 5.55. The summed E-state index contributed by atoms with van der Waals surface area (Å²) in [5, 5.41) is 6.29. The van der Waals surface area contributed by atoms with Gasteiger partial charge in [0.1, 0.15) is 11.5 Å². The van der Waals surface area contributed by atoms with E-state index in [4.69, 9.17) is 21.1 Å². The van der Waals surface area contributed by atoms with Gasteiger partial charge in [0.2, 0.25) is 5.91 Å². The molecule has 0 atom stereocenters. The van der Waals surface area contributed by atoms with E-state index in [1.807, 2.05) is 24.3 Å². The zero-order chi connectivity index (χ0) is 17.5. The minimum absolute atomic E-state index is 0.138. The quantitative estimate of drug-likeness (QED) is 0.794. The van der Waals surface area contributed by atoms with Crippen molar-refractivity contribution in [1.29, 1.82) is 0 Å². The zero-order valence-corrected chi connectivity index (χ0v) is 14.7. The molecule has 2 N–H and O–H groups in total. The number of anilines is 2. The molecule has 2 aromatic rings. The largest absolute Gasteiger partial charge is 0.495 e. The summed E-state index contributed by atoms with van der Waals surface area (Å²) in [5.41, 5.74) is 2.65. The van der Waals surface area contributed by atoms with Crippen molar-refractivity contribution in [3.8, 4) is 11.5 Å². The van der Waals surface area contributed by atoms with Gasteiger partial charge in [-0.15, -0.1) is 0 Å². The Balaban J connectivity index is 2.01. The normalized spacial score (nSPS) is 10.2. The lowest BCUT2D eigenvalue weighted by atomic mass is 10.1. The van der Waals surface area contributed by atoms with Crippen LogP contribution in [-0.2, 0) is 11.2 Å². The van der Waals surface area contributed by atoms with Crippen LogP contribution in [0, 0.1) is 0 Å². The predicted molar refractivity (Wildman–Crippen MR) is 97.5 cm³/mol. The fourth-order valence-electron chi connectivity index (χ4n) is 2.19. The summed E-state index contributed by atoms with van der Waals surface area (Å²) in [6, 6.07) is 11.2. The van der Waals surface area contributed by atoms with Crippen LogP contribution in [0.5, 0.6) is 11.5 Å². The Morgan fingerprint density at radius 2 is 1.75 bits per heavy atom. The molecular weight excluding hydrogens is 328 g/mol. The minimum Gasteiger partial charge on any atom is -0.495 e. The summed E-state index contributed by atoms with van der Waals surface area (Å²) in [4.78, 5) is 12.2. The first-order chi connectivity index (χ1) is 11.6. The molecule has 24 heavy (non-hydrogen) atoms. The Labute approximate surface area is 146 Å². The van der Waals surface area contributed by atoms with E-state index in [1.54, 1.807) is 12.1 Å². The molecule has 6 heteroatoms. The van der Waals surface area contributed by atoms with Crippen LogP contribution in [0.3, 0.4) is 0 Å². The lowest BCUT2D eigenvalue weighted by Gasteiger charge is -2.13. The molecule has 0 aromatic heterocycles. The average molecular weight is 349 g/mol. The van der Waals surface area contributed by atoms with Crippen LogP contribution >= 0.6 is 11.6 Å². The first-order valence-corrected chi connectivity index (χ1v) is 7.99. The van der Waals surface area contributed by atoms with Gasteiger partial charge in [-0.1, -0.05) is 30.7 Å². The van der Waals surface area contributed by atoms with Gasteiger partial charge < -0.3 is 20.1 Å². The predicted octanol–water partition coefficient (Wildman–Crippen LogP) is 3.97. The number of carbonyl (C=O) groups is 1. The Morgan fingerprint density at radius 3 is 2.33 bits per heavy atom. The molecule has 0 aliphatic rings. The van der Waals surface area contributed by atoms with Crippen LogP contribution in [0.15, 0.2) is 36.4 Å². The Morgan fingerprint density at radius 1 is 1.08 bits per heavy atom. The monoisotopic (exact) mass is 348 g/mol. The average Bonchev–Trinajstić information content (AvgIpc) is 2.61. The van der Waals surface area contributed by atoms with Crippen LogP contribution < -0.4 is 20.1 Å². The van der Waals surface area contributed by atoms with Crippen molar-refractivity contribution in [2.75, 3.05) is 31.4 Å². The van der Waals surface area contributed by atoms with Gasteiger partial charge in [0, 0.05) is 17.8 Å². The third-order valence-corrected chi connectivity index (χ3v) is 3.86. The third kappa shape index (κ3) is 4.55. The molecule has 0 saturated heterocycles. The van der Waals surface area contributed by atoms with Crippen LogP contribution in [0.1, 0.15) is 12.5 Å². The van der Waals surface area contributed by atoms with Crippen molar-refractivity contribution >= 4 is 28.9 Å². The van der Waals surface area contributed by atoms with E-state index in [9.17, 15) is 4.79 Å². The number of amides is 1. The third-order valence-electron chi connectivity index (χ3n) is 3.56. The Bertz CT molecular complexity index is 702. The van der Waals surface area contributed by atoms with E-state index in [0.29, 0.717) is 22.2 Å². The van der Waals surface area contributed by atoms with E-state index < -0.39 is 0 Å². The van der Waals surface area contributed by atoms with E-state index in [1.165, 1.54) is 19.8 Å². The molecule has 0 aliphatic heterocycles. The van der Waals surface area contributed by atoms with Gasteiger partial charge >= 0.3 is 0 Å². The lowest BCUT2D eigenvalue weighted by Crippen LogP contribution is -2.22. The first-order valence-electron chi connectivity index (χ1n) is 7.61. The van der Waals surface area contributed by atoms with Gasteiger partial charge in [0.15, 0.2) is 0 Å². The number of halogens is 1. The summed E-state index contributed by atoms with van der Waals surface area (Å²) in [6.45, 7) is 2.24. The molecule has 0 aliphatic carbocycles. The summed E-state index contributed by atoms with van der Waals surface area (Å²) >= 11 is 6.05. The van der Waals surface area contributed by atoms with Gasteiger partial charge in [-0.3, -0.25) is 4.79 Å². The molecule has 0 unspecified atom stereocenters. The molecular formula is C18H21ClN2O3. The van der Waals surface area contributed by atoms with E-state index in [-0.39, 0.29) is 12.5 Å². The van der Waals surface area contributed by atoms with Crippen molar-refractivity contribution < 1.29 is 14.3 Å². The van der Waals surface area contributed by atoms with Gasteiger partial charge in [-0.2, -0.15) is 0 Å². The van der Waals surface area contributed by atoms with Gasteiger partial charge in [0.05, 0.1) is 31.5 Å². The van der Waals surface area contributed by atoms with E-state index >= 15 is 0 Å². The molecule has 5 nitrogen and oxygen atoms in total. The molecule has 128 valence electrons. The maximum atomic E-state index is 12.2. The number of ether oxygens (including phenoxy) is 2. The zero-order valence-electron chi connectivity index (χ0n) is 14.0. The lowest BCUT2D eigenvalue weighted by molar-refractivity contribution is -0.114. The number of hydrogen-bond acceptors (Lipinski definition) is 4. The number of rotatable bonds is 7. The molecule has 2 aromatic carbocycles. The van der Waals surface area contributed by atoms with Crippen molar-refractivity contribution in [3.63, 3.8) is 0 Å². The van der Waals surface area contributed by atoms with Crippen LogP contribution in [0.2, 0.25) is 5.02 Å². The molecule has 0 fully saturated rings. The van der Waals surface area contributed by atoms with Crippen molar-refractivity contribution in [3.05, 3.63) is 47.0 Å². The van der Waals surface area contributed by atoms with Gasteiger partial charge in [0.25, 0.3) is 0 Å². The Hall–Kier alpha value is -2.40. The van der Waals surface area contributed by atoms with Gasteiger partial charge in [-0.25, -0.2) is 0 Å². The highest BCUT2D eigenvalue weighted by Crippen LogP contribution is 2.35. The molecule has 0 heterocycles. The molecule has 2 rings (SSSR count). The first kappa shape index (κ1) is 17.9. The standard InChI is InChI=1S/C18H21ClN2O3/c1-4-12-5-7-13(8-6-12)20-11-18(22)21-15-10-16(23-2)14(19)9-17(15)24-3/h5-10,20H,4,11H2,1-3H3,(H,21,22). The SMILES string of the molecule is CCc1ccc(NCC(=O)Nc2cc(OC)c(Cl)cc2OC)cc1. The molecule has 0 spiro atoms. The number of hydrogen-bond donors (Lipinski definition) is 2. The van der Waals surface area contributed by atoms with Crippen LogP contribution in [0.25, 0.3) is 0 Å². The van der Waals surface area contributed by atoms with Gasteiger partial charge in [-0.05, 0) is 24.1 Å². The van der Waals surface area contributed by atoms with E-state index in [2.05, 4.69) is 17.6 Å². The highest BCUT2D eigenvalue weighted by Gasteiger charge is 2.12. The maximum absolute atomic E-state index is 12.2. The molecule has 0 radical (unpaired) electrons. The molecule has 0 saturated carbocycles. The van der Waals surface area contributed by atoms with Crippen molar-refractivity contribution in [1.82, 2.24) is 0 Å². The number of methoxy groups -OCH3 is 2. The number of benzene rings is 2. The summed E-state index contributed by atoms with van der Waals surface area (Å²) in [6.07, 6.45) is 0.985. The smallest absolute Gasteiger partial charge is 0.243 e. The number of aryl methyl sites for hydroxylation is 1. The highest BCUT2D eigenvalue weighted by atomic mass is 35.5. The molecule has 0 bridgehead atoms. The number of carbonyl (C=O) groups excluding carboxylic acids is 1. The highest BCUT2D eigenvalue weighted by molar-refractivity contribution is 6.32. The second kappa shape index (κ2) is 8.45. The van der Waals surface area contributed by atoms with E-state index in [0.717, 1.165) is 12.1 Å². The minimum atomic E-state index is -0.197. The number of nitrogens with one attached hydrogen (secondary N) is 2. The fraction of sp³-hybridized carbons (Fsp3) is 0.278. The fourth-order valence-corrected chi connectivity index (χ4v) is 2.42. The van der Waals surface area contributed by atoms with Crippen molar-refractivity contribution in [2.45, 2.75) is 13.3 Å². The van der Waals surface area contributed by atoms with Crippen molar-refractivity contribution in [2.24, 2.45) is 0 Å². The Kier molecular flexibility index (Phi) is 6.32. The maximum Gasteiger partial charge on any atom is 0.243 e. The summed E-state index contributed by atoms with van der Waals surface area (Å²) in [7, 11) is 3.03. The van der Waals surface area contributed by atoms with Crippen LogP contribution in [0.4, 0.5) is 11.4 Å².